The highest BCUT2D eigenvalue weighted by atomic mass is 16.4. The molecule has 1 fully saturated rings. The molecular formula is C13H22N2O3. The van der Waals surface area contributed by atoms with Crippen LogP contribution in [-0.4, -0.2) is 41.1 Å². The largest absolute Gasteiger partial charge is 0.465 e. The molecule has 0 spiro atoms. The van der Waals surface area contributed by atoms with Crippen LogP contribution < -0.4 is 5.32 Å². The predicted molar refractivity (Wildman–Crippen MR) is 69.4 cm³/mol. The van der Waals surface area contributed by atoms with Crippen molar-refractivity contribution in [2.24, 2.45) is 0 Å². The molecule has 0 saturated carbocycles. The van der Waals surface area contributed by atoms with Crippen molar-refractivity contribution in [2.45, 2.75) is 45.1 Å². The van der Waals surface area contributed by atoms with Crippen molar-refractivity contribution in [3.63, 3.8) is 0 Å². The SMILES string of the molecule is CCCCC/C=C\CCN(C(=O)O)C1CNC1=O. The zero-order valence-electron chi connectivity index (χ0n) is 10.9. The monoisotopic (exact) mass is 254 g/mol. The predicted octanol–water partition coefficient (Wildman–Crippen LogP) is 1.99. The number of carboxylic acid groups (broad SMARTS) is 1. The van der Waals surface area contributed by atoms with Gasteiger partial charge in [0.15, 0.2) is 0 Å². The molecule has 1 aliphatic heterocycles. The number of nitrogens with one attached hydrogen (secondary N) is 1. The van der Waals surface area contributed by atoms with Crippen LogP contribution in [0.4, 0.5) is 4.79 Å². The number of nitrogens with zero attached hydrogens (tertiary/aromatic N) is 1. The second kappa shape index (κ2) is 7.74. The molecule has 0 radical (unpaired) electrons. The Kier molecular flexibility index (Phi) is 6.25. The van der Waals surface area contributed by atoms with E-state index >= 15 is 0 Å². The van der Waals surface area contributed by atoms with Crippen LogP contribution in [0.3, 0.4) is 0 Å². The number of carbonyl (C=O) groups is 2. The van der Waals surface area contributed by atoms with Crippen molar-refractivity contribution in [3.05, 3.63) is 12.2 Å². The molecule has 0 aromatic rings. The lowest BCUT2D eigenvalue weighted by atomic mass is 10.1. The number of amides is 2. The van der Waals surface area contributed by atoms with Gasteiger partial charge >= 0.3 is 6.09 Å². The summed E-state index contributed by atoms with van der Waals surface area (Å²) in [6.45, 7) is 2.99. The lowest BCUT2D eigenvalue weighted by molar-refractivity contribution is -0.132. The van der Waals surface area contributed by atoms with E-state index in [9.17, 15) is 9.59 Å². The molecule has 0 aliphatic carbocycles. The van der Waals surface area contributed by atoms with Gasteiger partial charge in [0, 0.05) is 13.1 Å². The molecule has 5 nitrogen and oxygen atoms in total. The molecule has 1 saturated heterocycles. The summed E-state index contributed by atoms with van der Waals surface area (Å²) in [6, 6.07) is -0.490. The highest BCUT2D eigenvalue weighted by Crippen LogP contribution is 2.08. The van der Waals surface area contributed by atoms with Gasteiger partial charge in [0.25, 0.3) is 0 Å². The molecule has 102 valence electrons. The van der Waals surface area contributed by atoms with Gasteiger partial charge in [0.2, 0.25) is 5.91 Å². The first kappa shape index (κ1) is 14.5. The fourth-order valence-corrected chi connectivity index (χ4v) is 1.87. The summed E-state index contributed by atoms with van der Waals surface area (Å²) >= 11 is 0. The number of hydrogen-bond donors (Lipinski definition) is 2. The van der Waals surface area contributed by atoms with E-state index in [1.165, 1.54) is 24.2 Å². The minimum atomic E-state index is -1.02. The maximum absolute atomic E-state index is 11.1. The Morgan fingerprint density at radius 2 is 2.17 bits per heavy atom. The van der Waals surface area contributed by atoms with Gasteiger partial charge < -0.3 is 10.4 Å². The Morgan fingerprint density at radius 3 is 2.67 bits per heavy atom. The summed E-state index contributed by atoms with van der Waals surface area (Å²) < 4.78 is 0. The normalized spacial score (nSPS) is 18.5. The van der Waals surface area contributed by atoms with Crippen LogP contribution in [0, 0.1) is 0 Å². The number of rotatable bonds is 8. The molecule has 1 unspecified atom stereocenters. The van der Waals surface area contributed by atoms with Crippen LogP contribution in [-0.2, 0) is 4.79 Å². The summed E-state index contributed by atoms with van der Waals surface area (Å²) in [5.41, 5.74) is 0. The molecule has 0 aromatic heterocycles. The van der Waals surface area contributed by atoms with Gasteiger partial charge in [-0.15, -0.1) is 0 Å². The van der Waals surface area contributed by atoms with E-state index in [2.05, 4.69) is 18.3 Å². The topological polar surface area (TPSA) is 69.6 Å². The van der Waals surface area contributed by atoms with Crippen molar-refractivity contribution in [1.29, 1.82) is 0 Å². The molecule has 1 heterocycles. The first-order valence-electron chi connectivity index (χ1n) is 6.59. The summed E-state index contributed by atoms with van der Waals surface area (Å²) in [5, 5.41) is 11.6. The Bertz CT molecular complexity index is 315. The van der Waals surface area contributed by atoms with Crippen molar-refractivity contribution in [3.8, 4) is 0 Å². The van der Waals surface area contributed by atoms with Crippen molar-refractivity contribution in [2.75, 3.05) is 13.1 Å². The average Bonchev–Trinajstić information content (AvgIpc) is 2.34. The van der Waals surface area contributed by atoms with Gasteiger partial charge in [-0.3, -0.25) is 9.69 Å². The summed E-state index contributed by atoms with van der Waals surface area (Å²) in [6.07, 6.45) is 8.41. The molecule has 1 aliphatic rings. The molecular weight excluding hydrogens is 232 g/mol. The zero-order valence-corrected chi connectivity index (χ0v) is 10.9. The van der Waals surface area contributed by atoms with Crippen molar-refractivity contribution < 1.29 is 14.7 Å². The number of hydrogen-bond acceptors (Lipinski definition) is 2. The molecule has 5 heteroatoms. The third-order valence-electron chi connectivity index (χ3n) is 3.07. The quantitative estimate of drug-likeness (QED) is 0.395. The van der Waals surface area contributed by atoms with Crippen molar-refractivity contribution in [1.82, 2.24) is 10.2 Å². The van der Waals surface area contributed by atoms with E-state index in [0.29, 0.717) is 19.5 Å². The van der Waals surface area contributed by atoms with Gasteiger partial charge in [-0.05, 0) is 19.3 Å². The standard InChI is InChI=1S/C13H22N2O3/c1-2-3-4-5-6-7-8-9-15(13(17)18)11-10-14-12(11)16/h6-7,11H,2-5,8-10H2,1H3,(H,14,16)(H,17,18)/b7-6-. The van der Waals surface area contributed by atoms with Gasteiger partial charge in [-0.1, -0.05) is 31.9 Å². The smallest absolute Gasteiger partial charge is 0.408 e. The molecule has 2 amide bonds. The molecule has 1 atom stereocenters. The van der Waals surface area contributed by atoms with E-state index in [1.54, 1.807) is 0 Å². The third-order valence-corrected chi connectivity index (χ3v) is 3.07. The summed E-state index contributed by atoms with van der Waals surface area (Å²) in [5.74, 6) is -0.190. The van der Waals surface area contributed by atoms with Crippen molar-refractivity contribution >= 4 is 12.0 Å². The Balaban J connectivity index is 2.22. The van der Waals surface area contributed by atoms with E-state index < -0.39 is 12.1 Å². The van der Waals surface area contributed by atoms with Crippen LogP contribution in [0.2, 0.25) is 0 Å². The van der Waals surface area contributed by atoms with E-state index in [1.807, 2.05) is 6.08 Å². The fraction of sp³-hybridized carbons (Fsp3) is 0.692. The minimum Gasteiger partial charge on any atom is -0.465 e. The molecule has 1 rings (SSSR count). The lowest BCUT2D eigenvalue weighted by Crippen LogP contribution is -2.63. The van der Waals surface area contributed by atoms with Gasteiger partial charge in [-0.2, -0.15) is 0 Å². The Labute approximate surface area is 108 Å². The average molecular weight is 254 g/mol. The van der Waals surface area contributed by atoms with Gasteiger partial charge in [0.05, 0.1) is 0 Å². The van der Waals surface area contributed by atoms with Crippen LogP contribution in [0.1, 0.15) is 39.0 Å². The number of carbonyl (C=O) groups excluding carboxylic acids is 1. The highest BCUT2D eigenvalue weighted by molar-refractivity contribution is 5.90. The second-order valence-electron chi connectivity index (χ2n) is 4.49. The van der Waals surface area contributed by atoms with E-state index in [-0.39, 0.29) is 5.91 Å². The minimum absolute atomic E-state index is 0.190. The number of β-lactam (4-membered cyclic amide) rings is 1. The van der Waals surface area contributed by atoms with E-state index in [4.69, 9.17) is 5.11 Å². The van der Waals surface area contributed by atoms with Gasteiger partial charge in [-0.25, -0.2) is 4.79 Å². The second-order valence-corrected chi connectivity index (χ2v) is 4.49. The molecule has 0 aromatic carbocycles. The summed E-state index contributed by atoms with van der Waals surface area (Å²) in [4.78, 5) is 23.4. The fourth-order valence-electron chi connectivity index (χ4n) is 1.87. The number of unbranched alkanes of at least 4 members (excludes halogenated alkanes) is 3. The molecule has 0 bridgehead atoms. The number of allylic oxidation sites excluding steroid dienone is 1. The third kappa shape index (κ3) is 4.39. The molecule has 2 N–H and O–H groups in total. The first-order chi connectivity index (χ1) is 8.66. The maximum Gasteiger partial charge on any atom is 0.408 e. The molecule has 18 heavy (non-hydrogen) atoms. The van der Waals surface area contributed by atoms with Crippen LogP contribution in [0.15, 0.2) is 12.2 Å². The Morgan fingerprint density at radius 1 is 1.44 bits per heavy atom. The maximum atomic E-state index is 11.1. The lowest BCUT2D eigenvalue weighted by Gasteiger charge is -2.34. The highest BCUT2D eigenvalue weighted by Gasteiger charge is 2.35. The van der Waals surface area contributed by atoms with E-state index in [0.717, 1.165) is 6.42 Å². The zero-order chi connectivity index (χ0) is 13.4. The van der Waals surface area contributed by atoms with Crippen LogP contribution >= 0.6 is 0 Å². The van der Waals surface area contributed by atoms with Crippen LogP contribution in [0.5, 0.6) is 0 Å². The first-order valence-corrected chi connectivity index (χ1v) is 6.59. The van der Waals surface area contributed by atoms with Crippen LogP contribution in [0.25, 0.3) is 0 Å². The Hall–Kier alpha value is -1.52. The summed E-state index contributed by atoms with van der Waals surface area (Å²) in [7, 11) is 0. The van der Waals surface area contributed by atoms with Gasteiger partial charge in [0.1, 0.15) is 6.04 Å².